The third kappa shape index (κ3) is 3.43. The molecule has 1 aromatic rings. The maximum atomic E-state index is 12.6. The van der Waals surface area contributed by atoms with Crippen LogP contribution in [0.1, 0.15) is 56.8 Å². The van der Waals surface area contributed by atoms with Crippen LogP contribution in [0.4, 0.5) is 5.69 Å². The molecule has 0 radical (unpaired) electrons. The predicted molar refractivity (Wildman–Crippen MR) is 99.9 cm³/mol. The lowest BCUT2D eigenvalue weighted by atomic mass is 9.80. The molecule has 0 bridgehead atoms. The van der Waals surface area contributed by atoms with Crippen molar-refractivity contribution in [3.05, 3.63) is 63.2 Å². The molecule has 5 nitrogen and oxygen atoms in total. The number of fused-ring (bicyclic) bond motifs is 1. The van der Waals surface area contributed by atoms with Crippen molar-refractivity contribution >= 4 is 11.7 Å². The Bertz CT molecular complexity index is 789. The van der Waals surface area contributed by atoms with Crippen LogP contribution in [0.5, 0.6) is 0 Å². The van der Waals surface area contributed by atoms with E-state index in [9.17, 15) is 14.9 Å². The molecule has 1 fully saturated rings. The Morgan fingerprint density at radius 1 is 1.31 bits per heavy atom. The Labute approximate surface area is 153 Å². The van der Waals surface area contributed by atoms with Crippen molar-refractivity contribution in [1.29, 1.82) is 0 Å². The molecule has 1 saturated carbocycles. The summed E-state index contributed by atoms with van der Waals surface area (Å²) in [6, 6.07) is 5.54. The minimum absolute atomic E-state index is 0.0417. The number of esters is 1. The molecule has 5 heteroatoms. The molecule has 138 valence electrons. The smallest absolute Gasteiger partial charge is 0.338 e. The second-order valence-electron chi connectivity index (χ2n) is 8.12. The summed E-state index contributed by atoms with van der Waals surface area (Å²) in [5.74, 6) is -0.0270. The number of nitrogens with zero attached hydrogens (tertiary/aromatic N) is 1. The van der Waals surface area contributed by atoms with Crippen LogP contribution in [-0.2, 0) is 4.74 Å². The number of nitro benzene ring substituents is 1. The monoisotopic (exact) mass is 355 g/mol. The van der Waals surface area contributed by atoms with E-state index in [1.54, 1.807) is 0 Å². The molecule has 2 aliphatic rings. The van der Waals surface area contributed by atoms with Gasteiger partial charge in [0.05, 0.1) is 10.5 Å². The van der Waals surface area contributed by atoms with Gasteiger partial charge in [0.15, 0.2) is 0 Å². The second kappa shape index (κ2) is 6.71. The van der Waals surface area contributed by atoms with Crippen molar-refractivity contribution in [3.8, 4) is 0 Å². The first-order chi connectivity index (χ1) is 12.2. The van der Waals surface area contributed by atoms with Crippen LogP contribution < -0.4 is 0 Å². The summed E-state index contributed by atoms with van der Waals surface area (Å²) in [4.78, 5) is 22.8. The fourth-order valence-electron chi connectivity index (χ4n) is 4.10. The van der Waals surface area contributed by atoms with Gasteiger partial charge < -0.3 is 4.74 Å². The lowest BCUT2D eigenvalue weighted by molar-refractivity contribution is -0.384. The Morgan fingerprint density at radius 2 is 1.96 bits per heavy atom. The summed E-state index contributed by atoms with van der Waals surface area (Å²) in [7, 11) is 0. The predicted octanol–water partition coefficient (Wildman–Crippen LogP) is 5.22. The summed E-state index contributed by atoms with van der Waals surface area (Å²) in [6.07, 6.45) is 3.54. The van der Waals surface area contributed by atoms with Gasteiger partial charge in [-0.2, -0.15) is 0 Å². The van der Waals surface area contributed by atoms with E-state index in [0.717, 1.165) is 24.8 Å². The first-order valence-corrected chi connectivity index (χ1v) is 9.00. The Hall–Kier alpha value is -2.43. The number of benzene rings is 1. The minimum Gasteiger partial charge on any atom is -0.458 e. The zero-order valence-electron chi connectivity index (χ0n) is 15.6. The van der Waals surface area contributed by atoms with Crippen LogP contribution in [0, 0.1) is 21.4 Å². The molecule has 1 aromatic carbocycles. The molecule has 0 amide bonds. The van der Waals surface area contributed by atoms with E-state index in [2.05, 4.69) is 27.4 Å². The van der Waals surface area contributed by atoms with Crippen LogP contribution in [0.2, 0.25) is 0 Å². The Balaban J connectivity index is 1.80. The van der Waals surface area contributed by atoms with Gasteiger partial charge in [-0.1, -0.05) is 37.1 Å². The van der Waals surface area contributed by atoms with Crippen molar-refractivity contribution in [3.63, 3.8) is 0 Å². The number of ether oxygens (including phenoxy) is 1. The molecular weight excluding hydrogens is 330 g/mol. The fraction of sp³-hybridized carbons (Fsp3) is 0.476. The van der Waals surface area contributed by atoms with Gasteiger partial charge in [0, 0.05) is 29.9 Å². The van der Waals surface area contributed by atoms with E-state index in [1.807, 2.05) is 0 Å². The van der Waals surface area contributed by atoms with E-state index in [4.69, 9.17) is 4.74 Å². The summed E-state index contributed by atoms with van der Waals surface area (Å²) < 4.78 is 5.85. The molecule has 0 aliphatic heterocycles. The van der Waals surface area contributed by atoms with Crippen molar-refractivity contribution in [1.82, 2.24) is 0 Å². The Kier molecular flexibility index (Phi) is 4.74. The third-order valence-corrected chi connectivity index (χ3v) is 5.80. The molecule has 2 atom stereocenters. The van der Waals surface area contributed by atoms with E-state index in [0.29, 0.717) is 17.9 Å². The van der Waals surface area contributed by atoms with E-state index >= 15 is 0 Å². The molecule has 0 aromatic heterocycles. The average molecular weight is 355 g/mol. The second-order valence-corrected chi connectivity index (χ2v) is 8.12. The highest BCUT2D eigenvalue weighted by Crippen LogP contribution is 2.49. The van der Waals surface area contributed by atoms with Gasteiger partial charge in [-0.15, -0.1) is 0 Å². The van der Waals surface area contributed by atoms with Crippen LogP contribution in [0.3, 0.4) is 0 Å². The van der Waals surface area contributed by atoms with Crippen LogP contribution in [0.15, 0.2) is 47.6 Å². The van der Waals surface area contributed by atoms with Crippen molar-refractivity contribution in [2.75, 3.05) is 0 Å². The number of allylic oxidation sites excluding steroid dienone is 2. The van der Waals surface area contributed by atoms with Crippen molar-refractivity contribution in [2.24, 2.45) is 11.3 Å². The summed E-state index contributed by atoms with van der Waals surface area (Å²) >= 11 is 0. The average Bonchev–Trinajstić information content (AvgIpc) is 2.90. The zero-order chi connectivity index (χ0) is 19.1. The van der Waals surface area contributed by atoms with Crippen molar-refractivity contribution in [2.45, 2.75) is 52.6 Å². The van der Waals surface area contributed by atoms with E-state index in [1.165, 1.54) is 35.4 Å². The molecule has 26 heavy (non-hydrogen) atoms. The molecular formula is C21H25NO4. The van der Waals surface area contributed by atoms with Crippen molar-refractivity contribution < 1.29 is 14.5 Å². The normalized spacial score (nSPS) is 24.8. The van der Waals surface area contributed by atoms with E-state index < -0.39 is 10.9 Å². The highest BCUT2D eigenvalue weighted by molar-refractivity contribution is 5.89. The molecule has 0 spiro atoms. The number of hydrogen-bond donors (Lipinski definition) is 0. The van der Waals surface area contributed by atoms with Crippen LogP contribution >= 0.6 is 0 Å². The van der Waals surface area contributed by atoms with E-state index in [-0.39, 0.29) is 17.2 Å². The third-order valence-electron chi connectivity index (χ3n) is 5.80. The van der Waals surface area contributed by atoms with Gasteiger partial charge in [-0.3, -0.25) is 10.1 Å². The Morgan fingerprint density at radius 3 is 2.58 bits per heavy atom. The maximum Gasteiger partial charge on any atom is 0.338 e. The van der Waals surface area contributed by atoms with Gasteiger partial charge >= 0.3 is 5.97 Å². The first-order valence-electron chi connectivity index (χ1n) is 9.00. The number of non-ortho nitro benzene ring substituents is 1. The van der Waals surface area contributed by atoms with Gasteiger partial charge in [0.2, 0.25) is 0 Å². The van der Waals surface area contributed by atoms with Crippen LogP contribution in [-0.4, -0.2) is 17.0 Å². The molecule has 0 saturated heterocycles. The number of carbonyl (C=O) groups excluding carboxylic acids is 1. The van der Waals surface area contributed by atoms with Gasteiger partial charge in [0.1, 0.15) is 6.10 Å². The highest BCUT2D eigenvalue weighted by Gasteiger charge is 2.41. The van der Waals surface area contributed by atoms with Gasteiger partial charge in [-0.05, 0) is 38.3 Å². The zero-order valence-corrected chi connectivity index (χ0v) is 15.6. The SMILES string of the molecule is C=C1C[C@H](OC(=O)c2ccc([N+](=O)[O-])cc2)C(C)(C)CC2=C(C)CC[C@@H]12. The minimum atomic E-state index is -0.484. The molecule has 0 unspecified atom stereocenters. The standard InChI is InChI=1S/C21H25NO4/c1-13-5-10-17-14(2)11-19(21(3,4)12-18(13)17)26-20(23)15-6-8-16(9-7-15)22(24)25/h6-9,17,19H,2,5,10-12H2,1,3-4H3/t17-,19-/m0/s1. The molecule has 2 aliphatic carbocycles. The summed E-state index contributed by atoms with van der Waals surface area (Å²) in [5.41, 5.74) is 4.16. The molecule has 0 N–H and O–H groups in total. The lowest BCUT2D eigenvalue weighted by Gasteiger charge is -2.32. The summed E-state index contributed by atoms with van der Waals surface area (Å²) in [6.45, 7) is 10.7. The van der Waals surface area contributed by atoms with Gasteiger partial charge in [-0.25, -0.2) is 4.79 Å². The topological polar surface area (TPSA) is 69.4 Å². The number of hydrogen-bond acceptors (Lipinski definition) is 4. The fourth-order valence-corrected chi connectivity index (χ4v) is 4.10. The number of nitro groups is 1. The first kappa shape index (κ1) is 18.4. The number of carbonyl (C=O) groups is 1. The molecule has 0 heterocycles. The lowest BCUT2D eigenvalue weighted by Crippen LogP contribution is -2.33. The van der Waals surface area contributed by atoms with Crippen LogP contribution in [0.25, 0.3) is 0 Å². The largest absolute Gasteiger partial charge is 0.458 e. The number of rotatable bonds is 3. The maximum absolute atomic E-state index is 12.6. The quantitative estimate of drug-likeness (QED) is 0.322. The molecule has 3 rings (SSSR count). The highest BCUT2D eigenvalue weighted by atomic mass is 16.6. The summed E-state index contributed by atoms with van der Waals surface area (Å²) in [5, 5.41) is 10.8. The van der Waals surface area contributed by atoms with Gasteiger partial charge in [0.25, 0.3) is 5.69 Å².